The second-order valence-corrected chi connectivity index (χ2v) is 9.23. The molecular formula is C23H27N5O8P+. The third-order valence-electron chi connectivity index (χ3n) is 5.74. The van der Waals surface area contributed by atoms with Crippen molar-refractivity contribution in [1.29, 1.82) is 0 Å². The van der Waals surface area contributed by atoms with Gasteiger partial charge in [0, 0.05) is 30.6 Å². The fourth-order valence-electron chi connectivity index (χ4n) is 3.96. The van der Waals surface area contributed by atoms with Gasteiger partial charge in [-0.25, -0.2) is 14.8 Å². The van der Waals surface area contributed by atoms with Gasteiger partial charge in [-0.3, -0.25) is 4.98 Å². The summed E-state index contributed by atoms with van der Waals surface area (Å²) >= 11 is 0. The van der Waals surface area contributed by atoms with E-state index < -0.39 is 38.7 Å². The van der Waals surface area contributed by atoms with E-state index in [1.54, 1.807) is 41.4 Å². The molecule has 3 aromatic rings. The average molecular weight is 532 g/mol. The number of rotatable bonds is 10. The van der Waals surface area contributed by atoms with Gasteiger partial charge in [0.05, 0.1) is 18.4 Å². The number of ether oxygens (including phenoxy) is 3. The molecule has 0 saturated carbocycles. The molecule has 0 aliphatic carbocycles. The normalized spacial score (nSPS) is 21.2. The third-order valence-corrected chi connectivity index (χ3v) is 6.50. The lowest BCUT2D eigenvalue weighted by molar-refractivity contribution is -0.173. The molecule has 1 saturated heterocycles. The van der Waals surface area contributed by atoms with Crippen molar-refractivity contribution in [3.8, 4) is 0 Å². The first-order valence-corrected chi connectivity index (χ1v) is 12.5. The van der Waals surface area contributed by atoms with E-state index >= 15 is 0 Å². The van der Waals surface area contributed by atoms with Crippen LogP contribution in [0.3, 0.4) is 0 Å². The van der Waals surface area contributed by atoms with E-state index in [0.29, 0.717) is 28.8 Å². The van der Waals surface area contributed by atoms with Crippen LogP contribution in [0, 0.1) is 0 Å². The van der Waals surface area contributed by atoms with Crippen LogP contribution in [-0.4, -0.2) is 67.3 Å². The molecule has 0 bridgehead atoms. The Kier molecular flexibility index (Phi) is 8.77. The van der Waals surface area contributed by atoms with Crippen molar-refractivity contribution < 1.29 is 38.6 Å². The first kappa shape index (κ1) is 26.6. The van der Waals surface area contributed by atoms with Gasteiger partial charge in [-0.15, -0.1) is 0 Å². The van der Waals surface area contributed by atoms with Crippen LogP contribution in [0.1, 0.15) is 30.7 Å². The van der Waals surface area contributed by atoms with Gasteiger partial charge in [0.2, 0.25) is 14.0 Å². The minimum atomic E-state index is -2.29. The van der Waals surface area contributed by atoms with Gasteiger partial charge in [0.15, 0.2) is 12.2 Å². The van der Waals surface area contributed by atoms with E-state index in [1.165, 1.54) is 6.33 Å². The third kappa shape index (κ3) is 6.66. The molecule has 196 valence electrons. The number of nitrogen functional groups attached to an aromatic ring is 1. The monoisotopic (exact) mass is 532 g/mol. The fraction of sp³-hybridized carbons (Fsp3) is 0.348. The molecule has 1 fully saturated rings. The molecule has 0 aromatic carbocycles. The maximum absolute atomic E-state index is 12.2. The minimum absolute atomic E-state index is 0.0841. The van der Waals surface area contributed by atoms with Crippen LogP contribution in [0.4, 0.5) is 10.6 Å². The number of aromatic nitrogens is 4. The van der Waals surface area contributed by atoms with Gasteiger partial charge in [-0.1, -0.05) is 6.58 Å². The average Bonchev–Trinajstić information content (AvgIpc) is 3.31. The SMILES string of the molecule is C=C1C[C@H](n2ccc3c(N)ncnc32)O[C@H](COC=[P+]([O-])OCC[C@@H]([OH2+])c2ccncc2)[C@H]1OC(=O)O. The zero-order chi connectivity index (χ0) is 26.4. The van der Waals surface area contributed by atoms with Crippen LogP contribution in [0.25, 0.3) is 11.0 Å². The predicted molar refractivity (Wildman–Crippen MR) is 133 cm³/mol. The highest BCUT2D eigenvalue weighted by Crippen LogP contribution is 2.35. The van der Waals surface area contributed by atoms with Gasteiger partial charge in [0.1, 0.15) is 36.7 Å². The van der Waals surface area contributed by atoms with Gasteiger partial charge in [0.25, 0.3) is 0 Å². The lowest BCUT2D eigenvalue weighted by Gasteiger charge is -2.37. The molecule has 4 rings (SSSR count). The summed E-state index contributed by atoms with van der Waals surface area (Å²) in [5.74, 6) is 1.34. The molecule has 0 spiro atoms. The number of carbonyl (C=O) groups is 1. The van der Waals surface area contributed by atoms with Gasteiger partial charge in [-0.05, 0) is 23.8 Å². The summed E-state index contributed by atoms with van der Waals surface area (Å²) in [6.07, 6.45) is 2.40. The van der Waals surface area contributed by atoms with E-state index in [2.05, 4.69) is 21.5 Å². The number of carboxylic acid groups (broad SMARTS) is 1. The number of pyridine rings is 1. The van der Waals surface area contributed by atoms with Gasteiger partial charge >= 0.3 is 6.16 Å². The first-order valence-electron chi connectivity index (χ1n) is 11.3. The Balaban J connectivity index is 1.37. The summed E-state index contributed by atoms with van der Waals surface area (Å²) in [4.78, 5) is 35.6. The Morgan fingerprint density at radius 3 is 2.95 bits per heavy atom. The van der Waals surface area contributed by atoms with Crippen LogP contribution < -0.4 is 10.6 Å². The maximum atomic E-state index is 12.2. The second-order valence-electron chi connectivity index (χ2n) is 8.19. The lowest BCUT2D eigenvalue weighted by atomic mass is 9.99. The smallest absolute Gasteiger partial charge is 0.506 e. The Bertz CT molecular complexity index is 1270. The van der Waals surface area contributed by atoms with Crippen LogP contribution in [-0.2, 0) is 18.7 Å². The van der Waals surface area contributed by atoms with Crippen molar-refractivity contribution in [2.24, 2.45) is 0 Å². The summed E-state index contributed by atoms with van der Waals surface area (Å²) in [5, 5.41) is 17.9. The standard InChI is InChI=1S/C23H26N5O8P/c1-14-10-19(28-8-4-16-21(24)26-12-27-22(16)28)35-18(20(14)36-23(30)31)11-33-13-37(32)34-9-5-17(29)15-2-6-25-7-3-15/h2-4,6-8,12-13,17-20,29H,1,5,9-11H2,(H,30,31)(H2,24,26,27)/p+1/t17-,18-,19-,20+/m1/s1. The minimum Gasteiger partial charge on any atom is -0.601 e. The number of hydrogen-bond donors (Lipinski definition) is 2. The summed E-state index contributed by atoms with van der Waals surface area (Å²) in [7, 11) is -2.29. The molecule has 13 nitrogen and oxygen atoms in total. The number of fused-ring (bicyclic) bond motifs is 1. The Hall–Kier alpha value is -3.45. The van der Waals surface area contributed by atoms with Gasteiger partial charge in [-0.2, -0.15) is 4.52 Å². The topological polar surface area (TPSA) is 190 Å². The Morgan fingerprint density at radius 2 is 2.19 bits per heavy atom. The molecule has 5 atom stereocenters. The number of nitrogens with two attached hydrogens (primary N) is 1. The summed E-state index contributed by atoms with van der Waals surface area (Å²) in [6.45, 7) is 3.88. The van der Waals surface area contributed by atoms with E-state index in [-0.39, 0.29) is 19.6 Å². The van der Waals surface area contributed by atoms with Crippen LogP contribution in [0.5, 0.6) is 0 Å². The molecule has 0 amide bonds. The predicted octanol–water partition coefficient (Wildman–Crippen LogP) is 1.64. The first-order chi connectivity index (χ1) is 17.8. The highest BCUT2D eigenvalue weighted by atomic mass is 31.1. The number of hydrogen-bond acceptors (Lipinski definition) is 10. The largest absolute Gasteiger partial charge is 0.601 e. The van der Waals surface area contributed by atoms with E-state index in [1.807, 2.05) is 0 Å². The molecule has 3 aromatic heterocycles. The summed E-state index contributed by atoms with van der Waals surface area (Å²) in [5.41, 5.74) is 7.73. The molecule has 5 N–H and O–H groups in total. The molecule has 1 unspecified atom stereocenters. The molecule has 14 heteroatoms. The summed E-state index contributed by atoms with van der Waals surface area (Å²) < 4.78 is 23.5. The zero-order valence-electron chi connectivity index (χ0n) is 19.7. The molecule has 1 aliphatic heterocycles. The quantitative estimate of drug-likeness (QED) is 0.167. The molecular weight excluding hydrogens is 505 g/mol. The zero-order valence-corrected chi connectivity index (χ0v) is 20.6. The fourth-order valence-corrected chi connectivity index (χ4v) is 4.51. The van der Waals surface area contributed by atoms with Crippen molar-refractivity contribution in [1.82, 2.24) is 19.5 Å². The van der Waals surface area contributed by atoms with Crippen molar-refractivity contribution in [3.63, 3.8) is 0 Å². The molecule has 4 heterocycles. The van der Waals surface area contributed by atoms with Crippen LogP contribution >= 0.6 is 8.00 Å². The lowest BCUT2D eigenvalue weighted by Crippen LogP contribution is -2.44. The molecule has 0 radical (unpaired) electrons. The highest BCUT2D eigenvalue weighted by Gasteiger charge is 2.38. The summed E-state index contributed by atoms with van der Waals surface area (Å²) in [6, 6.07) is 5.24. The Labute approximate surface area is 212 Å². The molecule has 1 aliphatic rings. The van der Waals surface area contributed by atoms with Gasteiger partial charge < -0.3 is 39.6 Å². The van der Waals surface area contributed by atoms with Crippen LogP contribution in [0.2, 0.25) is 0 Å². The van der Waals surface area contributed by atoms with Crippen molar-refractivity contribution in [2.45, 2.75) is 37.4 Å². The van der Waals surface area contributed by atoms with E-state index in [0.717, 1.165) is 11.5 Å². The van der Waals surface area contributed by atoms with E-state index in [4.69, 9.17) is 29.6 Å². The Morgan fingerprint density at radius 1 is 1.41 bits per heavy atom. The second kappa shape index (κ2) is 12.2. The van der Waals surface area contributed by atoms with Crippen molar-refractivity contribution >= 4 is 37.0 Å². The maximum Gasteiger partial charge on any atom is 0.506 e. The number of anilines is 1. The highest BCUT2D eigenvalue weighted by molar-refractivity contribution is 7.44. The number of nitrogens with zero attached hydrogens (tertiary/aromatic N) is 4. The van der Waals surface area contributed by atoms with Crippen LogP contribution in [0.15, 0.2) is 55.3 Å². The van der Waals surface area contributed by atoms with Crippen molar-refractivity contribution in [2.75, 3.05) is 18.9 Å². The van der Waals surface area contributed by atoms with E-state index in [9.17, 15) is 14.8 Å². The molecule has 37 heavy (non-hydrogen) atoms. The van der Waals surface area contributed by atoms with Crippen molar-refractivity contribution in [3.05, 3.63) is 60.8 Å².